The molecule has 0 amide bonds. The van der Waals surface area contributed by atoms with E-state index in [-0.39, 0.29) is 12.0 Å². The predicted octanol–water partition coefficient (Wildman–Crippen LogP) is 2.71. The van der Waals surface area contributed by atoms with Gasteiger partial charge >= 0.3 is 0 Å². The minimum absolute atomic E-state index is 0.0631. The van der Waals surface area contributed by atoms with Crippen LogP contribution in [0.1, 0.15) is 19.4 Å². The van der Waals surface area contributed by atoms with Gasteiger partial charge in [0.2, 0.25) is 0 Å². The van der Waals surface area contributed by atoms with Gasteiger partial charge < -0.3 is 5.11 Å². The molecule has 0 saturated heterocycles. The van der Waals surface area contributed by atoms with Crippen LogP contribution in [-0.4, -0.2) is 11.7 Å². The number of hydrogen-bond acceptors (Lipinski definition) is 1. The van der Waals surface area contributed by atoms with E-state index in [0.717, 1.165) is 5.56 Å². The lowest BCUT2D eigenvalue weighted by Gasteiger charge is -2.11. The predicted molar refractivity (Wildman–Crippen MR) is 59.2 cm³/mol. The molecule has 1 nitrogen and oxygen atoms in total. The minimum atomic E-state index is -0.348. The zero-order valence-corrected chi connectivity index (χ0v) is 9.10. The number of aliphatic hydroxyl groups is 1. The van der Waals surface area contributed by atoms with Crippen LogP contribution in [0.3, 0.4) is 0 Å². The summed E-state index contributed by atoms with van der Waals surface area (Å²) in [4.78, 5) is 0. The average molecular weight is 209 g/mol. The van der Waals surface area contributed by atoms with E-state index in [4.69, 9.17) is 16.7 Å². The van der Waals surface area contributed by atoms with Crippen molar-refractivity contribution in [2.75, 3.05) is 6.61 Å². The molecular weight excluding hydrogens is 196 g/mol. The molecule has 0 aliphatic carbocycles. The summed E-state index contributed by atoms with van der Waals surface area (Å²) >= 11 is 5.74. The molecule has 0 atom stereocenters. The second kappa shape index (κ2) is 4.50. The van der Waals surface area contributed by atoms with Gasteiger partial charge in [-0.1, -0.05) is 23.4 Å². The zero-order valence-electron chi connectivity index (χ0n) is 8.34. The summed E-state index contributed by atoms with van der Waals surface area (Å²) in [5.41, 5.74) is 0.565. The van der Waals surface area contributed by atoms with Crippen LogP contribution in [0.15, 0.2) is 24.3 Å². The maximum atomic E-state index is 8.99. The van der Waals surface area contributed by atoms with Crippen molar-refractivity contribution in [2.45, 2.75) is 13.8 Å². The molecule has 0 radical (unpaired) electrons. The molecule has 1 N–H and O–H groups in total. The SMILES string of the molecule is CC(C)(C#Cc1ccc(Cl)cc1)CO. The van der Waals surface area contributed by atoms with Crippen molar-refractivity contribution in [1.29, 1.82) is 0 Å². The fraction of sp³-hybridized carbons (Fsp3) is 0.333. The Bertz CT molecular complexity index is 354. The van der Waals surface area contributed by atoms with E-state index in [1.165, 1.54) is 0 Å². The number of halogens is 1. The summed E-state index contributed by atoms with van der Waals surface area (Å²) in [5.74, 6) is 6.00. The molecule has 0 aromatic heterocycles. The van der Waals surface area contributed by atoms with Crippen molar-refractivity contribution in [3.63, 3.8) is 0 Å². The molecule has 0 aliphatic heterocycles. The Morgan fingerprint density at radius 2 is 1.86 bits per heavy atom. The van der Waals surface area contributed by atoms with Gasteiger partial charge in [0.15, 0.2) is 0 Å². The molecule has 2 heteroatoms. The average Bonchev–Trinajstić information content (AvgIpc) is 2.17. The lowest BCUT2D eigenvalue weighted by atomic mass is 9.95. The molecule has 0 saturated carbocycles. The van der Waals surface area contributed by atoms with E-state index in [1.807, 2.05) is 26.0 Å². The lowest BCUT2D eigenvalue weighted by molar-refractivity contribution is 0.206. The van der Waals surface area contributed by atoms with Gasteiger partial charge in [0.05, 0.1) is 6.61 Å². The van der Waals surface area contributed by atoms with Crippen LogP contribution < -0.4 is 0 Å². The Balaban J connectivity index is 2.83. The normalized spacial score (nSPS) is 10.6. The van der Waals surface area contributed by atoms with Crippen molar-refractivity contribution >= 4 is 11.6 Å². The molecule has 0 unspecified atom stereocenters. The monoisotopic (exact) mass is 208 g/mol. The number of hydrogen-bond donors (Lipinski definition) is 1. The van der Waals surface area contributed by atoms with Crippen LogP contribution >= 0.6 is 11.6 Å². The number of benzene rings is 1. The van der Waals surface area contributed by atoms with Crippen LogP contribution in [-0.2, 0) is 0 Å². The van der Waals surface area contributed by atoms with E-state index in [2.05, 4.69) is 11.8 Å². The van der Waals surface area contributed by atoms with Crippen molar-refractivity contribution < 1.29 is 5.11 Å². The van der Waals surface area contributed by atoms with E-state index in [9.17, 15) is 0 Å². The molecule has 14 heavy (non-hydrogen) atoms. The van der Waals surface area contributed by atoms with Crippen LogP contribution in [0.25, 0.3) is 0 Å². The van der Waals surface area contributed by atoms with Crippen molar-refractivity contribution in [1.82, 2.24) is 0 Å². The third-order valence-corrected chi connectivity index (χ3v) is 2.04. The van der Waals surface area contributed by atoms with E-state index < -0.39 is 0 Å². The Morgan fingerprint density at radius 1 is 1.29 bits per heavy atom. The second-order valence-corrected chi connectivity index (χ2v) is 4.24. The largest absolute Gasteiger partial charge is 0.395 e. The van der Waals surface area contributed by atoms with E-state index in [0.29, 0.717) is 5.02 Å². The summed E-state index contributed by atoms with van der Waals surface area (Å²) in [7, 11) is 0. The first-order valence-corrected chi connectivity index (χ1v) is 4.81. The molecule has 0 spiro atoms. The third kappa shape index (κ3) is 3.41. The van der Waals surface area contributed by atoms with Crippen LogP contribution in [0, 0.1) is 17.3 Å². The Labute approximate surface area is 89.7 Å². The Kier molecular flexibility index (Phi) is 3.57. The highest BCUT2D eigenvalue weighted by atomic mass is 35.5. The summed E-state index contributed by atoms with van der Waals surface area (Å²) in [5, 5.41) is 9.70. The molecule has 0 fully saturated rings. The van der Waals surface area contributed by atoms with Crippen molar-refractivity contribution in [3.8, 4) is 11.8 Å². The Hall–Kier alpha value is -0.970. The third-order valence-electron chi connectivity index (χ3n) is 1.78. The maximum Gasteiger partial charge on any atom is 0.0591 e. The molecule has 74 valence electrons. The number of aliphatic hydroxyl groups excluding tert-OH is 1. The van der Waals surface area contributed by atoms with Crippen molar-refractivity contribution in [3.05, 3.63) is 34.9 Å². The molecule has 1 aromatic rings. The fourth-order valence-electron chi connectivity index (χ4n) is 0.814. The molecule has 1 rings (SSSR count). The quantitative estimate of drug-likeness (QED) is 0.704. The smallest absolute Gasteiger partial charge is 0.0591 e. The van der Waals surface area contributed by atoms with Crippen LogP contribution in [0.2, 0.25) is 5.02 Å². The van der Waals surface area contributed by atoms with Gasteiger partial charge in [-0.15, -0.1) is 0 Å². The molecule has 0 heterocycles. The van der Waals surface area contributed by atoms with Gasteiger partial charge in [0, 0.05) is 16.0 Å². The number of rotatable bonds is 1. The fourth-order valence-corrected chi connectivity index (χ4v) is 0.940. The van der Waals surface area contributed by atoms with Gasteiger partial charge in [-0.25, -0.2) is 0 Å². The first kappa shape index (κ1) is 11.1. The van der Waals surface area contributed by atoms with Crippen LogP contribution in [0.4, 0.5) is 0 Å². The summed E-state index contributed by atoms with van der Waals surface area (Å²) in [6.45, 7) is 3.86. The maximum absolute atomic E-state index is 8.99. The first-order valence-electron chi connectivity index (χ1n) is 4.43. The topological polar surface area (TPSA) is 20.2 Å². The molecular formula is C12H13ClO. The minimum Gasteiger partial charge on any atom is -0.395 e. The van der Waals surface area contributed by atoms with Gasteiger partial charge in [-0.2, -0.15) is 0 Å². The standard InChI is InChI=1S/C12H13ClO/c1-12(2,9-14)8-7-10-3-5-11(13)6-4-10/h3-6,14H,9H2,1-2H3. The molecule has 0 aliphatic rings. The Morgan fingerprint density at radius 3 is 2.36 bits per heavy atom. The van der Waals surface area contributed by atoms with Crippen molar-refractivity contribution in [2.24, 2.45) is 5.41 Å². The summed E-state index contributed by atoms with van der Waals surface area (Å²) in [6.07, 6.45) is 0. The highest BCUT2D eigenvalue weighted by molar-refractivity contribution is 6.30. The van der Waals surface area contributed by atoms with E-state index in [1.54, 1.807) is 12.1 Å². The van der Waals surface area contributed by atoms with E-state index >= 15 is 0 Å². The highest BCUT2D eigenvalue weighted by Gasteiger charge is 2.11. The van der Waals surface area contributed by atoms with Crippen LogP contribution in [0.5, 0.6) is 0 Å². The molecule has 1 aromatic carbocycles. The van der Waals surface area contributed by atoms with Gasteiger partial charge in [0.1, 0.15) is 0 Å². The first-order chi connectivity index (χ1) is 6.53. The highest BCUT2D eigenvalue weighted by Crippen LogP contribution is 2.12. The summed E-state index contributed by atoms with van der Waals surface area (Å²) < 4.78 is 0. The van der Waals surface area contributed by atoms with Gasteiger partial charge in [0.25, 0.3) is 0 Å². The van der Waals surface area contributed by atoms with Gasteiger partial charge in [-0.3, -0.25) is 0 Å². The second-order valence-electron chi connectivity index (χ2n) is 3.80. The zero-order chi connectivity index (χ0) is 10.6. The van der Waals surface area contributed by atoms with Gasteiger partial charge in [-0.05, 0) is 38.1 Å². The summed E-state index contributed by atoms with van der Waals surface area (Å²) in [6, 6.07) is 7.33. The lowest BCUT2D eigenvalue weighted by Crippen LogP contribution is -2.13. The molecule has 0 bridgehead atoms.